The van der Waals surface area contributed by atoms with Crippen LogP contribution in [0.3, 0.4) is 0 Å². The van der Waals surface area contributed by atoms with Gasteiger partial charge in [-0.15, -0.1) is 0 Å². The van der Waals surface area contributed by atoms with Crippen LogP contribution in [0.15, 0.2) is 51.9 Å². The minimum absolute atomic E-state index is 0.0379. The first-order chi connectivity index (χ1) is 15.7. The van der Waals surface area contributed by atoms with E-state index in [-0.39, 0.29) is 28.2 Å². The number of nitrogens with zero attached hydrogens (tertiary/aromatic N) is 4. The van der Waals surface area contributed by atoms with Crippen molar-refractivity contribution in [3.63, 3.8) is 0 Å². The minimum Gasteiger partial charge on any atom is -0.339 e. The smallest absolute Gasteiger partial charge is 0.244 e. The molecular weight excluding hydrogens is 464 g/mol. The second-order valence-electron chi connectivity index (χ2n) is 8.22. The lowest BCUT2D eigenvalue weighted by atomic mass is 9.98. The maximum absolute atomic E-state index is 13.5. The third kappa shape index (κ3) is 4.80. The number of hydrogen-bond donors (Lipinski definition) is 0. The monoisotopic (exact) mass is 488 g/mol. The molecule has 0 unspecified atom stereocenters. The summed E-state index contributed by atoms with van der Waals surface area (Å²) < 4.78 is 33.3. The number of carbonyl (C=O) groups excluding carboxylic acids is 1. The SMILES string of the molecule is Cc1ccc(N(C)C(=O)[C@@H]2CCCN(S(=O)(=O)c3cc(-c4noc(C)n4)ccc3Cl)C2)cc1. The van der Waals surface area contributed by atoms with E-state index in [1.807, 2.05) is 31.2 Å². The molecule has 0 saturated carbocycles. The van der Waals surface area contributed by atoms with Gasteiger partial charge in [0.05, 0.1) is 10.9 Å². The highest BCUT2D eigenvalue weighted by Crippen LogP contribution is 2.32. The number of aromatic nitrogens is 2. The molecule has 10 heteroatoms. The molecule has 1 aliphatic rings. The lowest BCUT2D eigenvalue weighted by Crippen LogP contribution is -2.46. The van der Waals surface area contributed by atoms with Crippen LogP contribution in [0.25, 0.3) is 11.4 Å². The van der Waals surface area contributed by atoms with Crippen molar-refractivity contribution in [3.05, 3.63) is 58.9 Å². The number of rotatable bonds is 5. The van der Waals surface area contributed by atoms with Crippen LogP contribution in [0.5, 0.6) is 0 Å². The molecule has 2 heterocycles. The summed E-state index contributed by atoms with van der Waals surface area (Å²) in [6.07, 6.45) is 1.20. The van der Waals surface area contributed by atoms with Crippen molar-refractivity contribution in [1.29, 1.82) is 0 Å². The summed E-state index contributed by atoms with van der Waals surface area (Å²) in [6, 6.07) is 12.3. The van der Waals surface area contributed by atoms with Crippen LogP contribution in [-0.4, -0.2) is 48.9 Å². The van der Waals surface area contributed by atoms with E-state index in [1.54, 1.807) is 24.9 Å². The predicted octanol–water partition coefficient (Wildman–Crippen LogP) is 4.07. The molecule has 0 bridgehead atoms. The summed E-state index contributed by atoms with van der Waals surface area (Å²) in [5.41, 5.74) is 2.36. The number of halogens is 1. The average molecular weight is 489 g/mol. The molecule has 8 nitrogen and oxygen atoms in total. The van der Waals surface area contributed by atoms with Crippen LogP contribution >= 0.6 is 11.6 Å². The maximum atomic E-state index is 13.5. The molecule has 1 aliphatic heterocycles. The lowest BCUT2D eigenvalue weighted by Gasteiger charge is -2.33. The van der Waals surface area contributed by atoms with Crippen LogP contribution in [0.2, 0.25) is 5.02 Å². The minimum atomic E-state index is -3.93. The van der Waals surface area contributed by atoms with E-state index in [1.165, 1.54) is 16.4 Å². The van der Waals surface area contributed by atoms with Gasteiger partial charge in [-0.3, -0.25) is 4.79 Å². The Balaban J connectivity index is 1.57. The van der Waals surface area contributed by atoms with Gasteiger partial charge in [-0.25, -0.2) is 8.42 Å². The van der Waals surface area contributed by atoms with Gasteiger partial charge in [0, 0.05) is 38.3 Å². The van der Waals surface area contributed by atoms with E-state index in [4.69, 9.17) is 16.1 Å². The van der Waals surface area contributed by atoms with Crippen LogP contribution in [0, 0.1) is 19.8 Å². The maximum Gasteiger partial charge on any atom is 0.244 e. The molecule has 0 N–H and O–H groups in total. The first-order valence-electron chi connectivity index (χ1n) is 10.6. The number of amides is 1. The largest absolute Gasteiger partial charge is 0.339 e. The van der Waals surface area contributed by atoms with Crippen LogP contribution in [0.4, 0.5) is 5.69 Å². The summed E-state index contributed by atoms with van der Waals surface area (Å²) in [7, 11) is -2.22. The fourth-order valence-electron chi connectivity index (χ4n) is 3.93. The summed E-state index contributed by atoms with van der Waals surface area (Å²) in [4.78, 5) is 18.9. The highest BCUT2D eigenvalue weighted by molar-refractivity contribution is 7.89. The predicted molar refractivity (Wildman–Crippen MR) is 126 cm³/mol. The number of benzene rings is 2. The van der Waals surface area contributed by atoms with E-state index < -0.39 is 15.9 Å². The van der Waals surface area contributed by atoms with E-state index in [2.05, 4.69) is 10.1 Å². The van der Waals surface area contributed by atoms with Crippen molar-refractivity contribution in [3.8, 4) is 11.4 Å². The van der Waals surface area contributed by atoms with Gasteiger partial charge in [0.25, 0.3) is 0 Å². The molecule has 0 spiro atoms. The zero-order chi connectivity index (χ0) is 23.8. The molecule has 3 aromatic rings. The van der Waals surface area contributed by atoms with Crippen molar-refractivity contribution < 1.29 is 17.7 Å². The number of anilines is 1. The Morgan fingerprint density at radius 1 is 1.18 bits per heavy atom. The van der Waals surface area contributed by atoms with Gasteiger partial charge in [-0.05, 0) is 50.1 Å². The summed E-state index contributed by atoms with van der Waals surface area (Å²) >= 11 is 6.29. The Hall–Kier alpha value is -2.75. The number of carbonyl (C=O) groups is 1. The molecule has 174 valence electrons. The van der Waals surface area contributed by atoms with Crippen LogP contribution < -0.4 is 4.90 Å². The number of sulfonamides is 1. The summed E-state index contributed by atoms with van der Waals surface area (Å²) in [5.74, 6) is 0.106. The van der Waals surface area contributed by atoms with Crippen molar-refractivity contribution in [2.45, 2.75) is 31.6 Å². The van der Waals surface area contributed by atoms with Gasteiger partial charge < -0.3 is 9.42 Å². The summed E-state index contributed by atoms with van der Waals surface area (Å²) in [6.45, 7) is 4.06. The third-order valence-electron chi connectivity index (χ3n) is 5.82. The second-order valence-corrected chi connectivity index (χ2v) is 10.5. The van der Waals surface area contributed by atoms with E-state index in [0.29, 0.717) is 30.8 Å². The second kappa shape index (κ2) is 9.24. The number of hydrogen-bond acceptors (Lipinski definition) is 6. The highest BCUT2D eigenvalue weighted by Gasteiger charge is 2.36. The first-order valence-corrected chi connectivity index (χ1v) is 12.4. The van der Waals surface area contributed by atoms with Crippen molar-refractivity contribution >= 4 is 33.2 Å². The molecule has 1 amide bonds. The number of aryl methyl sites for hydroxylation is 2. The molecule has 1 saturated heterocycles. The molecule has 0 aliphatic carbocycles. The van der Waals surface area contributed by atoms with E-state index >= 15 is 0 Å². The molecule has 1 atom stereocenters. The fourth-order valence-corrected chi connectivity index (χ4v) is 5.95. The van der Waals surface area contributed by atoms with Crippen molar-refractivity contribution in [1.82, 2.24) is 14.4 Å². The lowest BCUT2D eigenvalue weighted by molar-refractivity contribution is -0.123. The highest BCUT2D eigenvalue weighted by atomic mass is 35.5. The first kappa shape index (κ1) is 23.4. The number of piperidine rings is 1. The standard InChI is InChI=1S/C23H25ClN4O4S/c1-15-6-9-19(10-7-15)27(3)23(29)18-5-4-12-28(14-18)33(30,31)21-13-17(8-11-20(21)24)22-25-16(2)32-26-22/h6-11,13,18H,4-5,12,14H2,1-3H3/t18-/m1/s1. The van der Waals surface area contributed by atoms with Gasteiger partial charge in [0.2, 0.25) is 27.6 Å². The Morgan fingerprint density at radius 3 is 2.58 bits per heavy atom. The van der Waals surface area contributed by atoms with Crippen molar-refractivity contribution in [2.75, 3.05) is 25.0 Å². The van der Waals surface area contributed by atoms with Gasteiger partial charge in [-0.1, -0.05) is 34.5 Å². The van der Waals surface area contributed by atoms with E-state index in [0.717, 1.165) is 11.3 Å². The fraction of sp³-hybridized carbons (Fsp3) is 0.348. The summed E-state index contributed by atoms with van der Waals surface area (Å²) in [5, 5.41) is 3.95. The molecule has 4 rings (SSSR count). The quantitative estimate of drug-likeness (QED) is 0.537. The molecule has 2 aromatic carbocycles. The molecule has 0 radical (unpaired) electrons. The van der Waals surface area contributed by atoms with Gasteiger partial charge in [0.15, 0.2) is 0 Å². The zero-order valence-electron chi connectivity index (χ0n) is 18.7. The van der Waals surface area contributed by atoms with Crippen LogP contribution in [-0.2, 0) is 14.8 Å². The Kier molecular flexibility index (Phi) is 6.56. The average Bonchev–Trinajstić information content (AvgIpc) is 3.25. The van der Waals surface area contributed by atoms with E-state index in [9.17, 15) is 13.2 Å². The Morgan fingerprint density at radius 2 is 1.91 bits per heavy atom. The Labute approximate surface area is 198 Å². The zero-order valence-corrected chi connectivity index (χ0v) is 20.2. The Bertz CT molecular complexity index is 1270. The van der Waals surface area contributed by atoms with Crippen molar-refractivity contribution in [2.24, 2.45) is 5.92 Å². The molecular formula is C23H25ClN4O4S. The molecule has 1 fully saturated rings. The van der Waals surface area contributed by atoms with Gasteiger partial charge in [0.1, 0.15) is 4.90 Å². The van der Waals surface area contributed by atoms with Crippen LogP contribution in [0.1, 0.15) is 24.3 Å². The molecule has 33 heavy (non-hydrogen) atoms. The third-order valence-corrected chi connectivity index (χ3v) is 8.17. The van der Waals surface area contributed by atoms with Gasteiger partial charge >= 0.3 is 0 Å². The van der Waals surface area contributed by atoms with Gasteiger partial charge in [-0.2, -0.15) is 9.29 Å². The normalized spacial score (nSPS) is 17.2. The molecule has 1 aromatic heterocycles. The topological polar surface area (TPSA) is 96.6 Å².